The molecule has 1 saturated carbocycles. The molecule has 0 bridgehead atoms. The zero-order valence-corrected chi connectivity index (χ0v) is 18.7. The number of morpholine rings is 1. The summed E-state index contributed by atoms with van der Waals surface area (Å²) in [6, 6.07) is 8.83. The van der Waals surface area contributed by atoms with Crippen molar-refractivity contribution in [2.45, 2.75) is 58.5 Å². The smallest absolute Gasteiger partial charge is 0.191 e. The summed E-state index contributed by atoms with van der Waals surface area (Å²) in [5.41, 5.74) is 2.78. The van der Waals surface area contributed by atoms with Crippen LogP contribution in [-0.4, -0.2) is 62.0 Å². The summed E-state index contributed by atoms with van der Waals surface area (Å²) in [4.78, 5) is 7.25. The number of guanidine groups is 1. The number of hydrogen-bond donors (Lipinski definition) is 3. The molecule has 6 heteroatoms. The van der Waals surface area contributed by atoms with Crippen molar-refractivity contribution in [1.82, 2.24) is 15.5 Å². The molecule has 2 aliphatic rings. The van der Waals surface area contributed by atoms with Crippen LogP contribution in [-0.2, 0) is 17.8 Å². The Morgan fingerprint density at radius 2 is 1.77 bits per heavy atom. The third kappa shape index (κ3) is 7.25. The molecule has 1 aromatic rings. The lowest BCUT2D eigenvalue weighted by Crippen LogP contribution is -2.44. The van der Waals surface area contributed by atoms with Crippen LogP contribution in [0.2, 0.25) is 0 Å². The number of nitrogens with zero attached hydrogens (tertiary/aromatic N) is 2. The van der Waals surface area contributed by atoms with Gasteiger partial charge in [-0.3, -0.25) is 4.90 Å². The maximum Gasteiger partial charge on any atom is 0.191 e. The van der Waals surface area contributed by atoms with E-state index in [1.165, 1.54) is 43.2 Å². The minimum atomic E-state index is 0.213. The third-order valence-corrected chi connectivity index (χ3v) is 6.48. The van der Waals surface area contributed by atoms with Crippen LogP contribution in [0.5, 0.6) is 0 Å². The van der Waals surface area contributed by atoms with E-state index < -0.39 is 0 Å². The second-order valence-corrected chi connectivity index (χ2v) is 8.79. The molecular formula is C24H40N4O2. The molecule has 0 atom stereocenters. The van der Waals surface area contributed by atoms with Crippen LogP contribution >= 0.6 is 0 Å². The molecule has 1 heterocycles. The first-order valence-electron chi connectivity index (χ1n) is 11.7. The van der Waals surface area contributed by atoms with Crippen LogP contribution in [0.15, 0.2) is 29.3 Å². The molecule has 30 heavy (non-hydrogen) atoms. The standard InChI is InChI=1S/C24H40N4O2/c1-2-25-23(27-20-24(12-15-29)10-4-3-5-11-24)26-18-21-6-8-22(9-7-21)19-28-13-16-30-17-14-28/h6-9,29H,2-5,10-20H2,1H3,(H2,25,26,27). The molecule has 3 N–H and O–H groups in total. The van der Waals surface area contributed by atoms with Crippen LogP contribution in [0.25, 0.3) is 0 Å². The minimum absolute atomic E-state index is 0.213. The molecule has 0 radical (unpaired) electrons. The predicted molar refractivity (Wildman–Crippen MR) is 123 cm³/mol. The molecule has 0 amide bonds. The van der Waals surface area contributed by atoms with Crippen LogP contribution in [0, 0.1) is 5.41 Å². The number of hydrogen-bond acceptors (Lipinski definition) is 4. The summed E-state index contributed by atoms with van der Waals surface area (Å²) in [6.07, 6.45) is 7.14. The van der Waals surface area contributed by atoms with Gasteiger partial charge in [0.25, 0.3) is 0 Å². The Kier molecular flexibility index (Phi) is 9.43. The van der Waals surface area contributed by atoms with Crippen molar-refractivity contribution in [3.05, 3.63) is 35.4 Å². The topological polar surface area (TPSA) is 69.1 Å². The lowest BCUT2D eigenvalue weighted by molar-refractivity contribution is 0.0342. The Balaban J connectivity index is 1.53. The normalized spacial score (nSPS) is 20.1. The second-order valence-electron chi connectivity index (χ2n) is 8.79. The van der Waals surface area contributed by atoms with Gasteiger partial charge in [0, 0.05) is 39.3 Å². The fraction of sp³-hybridized carbons (Fsp3) is 0.708. The zero-order chi connectivity index (χ0) is 21.1. The highest BCUT2D eigenvalue weighted by molar-refractivity contribution is 5.79. The number of aliphatic imine (C=N–C) groups is 1. The van der Waals surface area contributed by atoms with Crippen molar-refractivity contribution in [3.8, 4) is 0 Å². The summed E-state index contributed by atoms with van der Waals surface area (Å²) < 4.78 is 5.43. The fourth-order valence-electron chi connectivity index (χ4n) is 4.60. The van der Waals surface area contributed by atoms with Crippen molar-refractivity contribution in [2.75, 3.05) is 46.0 Å². The largest absolute Gasteiger partial charge is 0.396 e. The molecule has 1 aliphatic carbocycles. The Morgan fingerprint density at radius 1 is 1.07 bits per heavy atom. The van der Waals surface area contributed by atoms with Gasteiger partial charge in [0.1, 0.15) is 0 Å². The second kappa shape index (κ2) is 12.3. The first-order chi connectivity index (χ1) is 14.7. The van der Waals surface area contributed by atoms with Gasteiger partial charge in [-0.2, -0.15) is 0 Å². The van der Waals surface area contributed by atoms with Gasteiger partial charge in [0.05, 0.1) is 19.8 Å². The Labute approximate surface area is 182 Å². The van der Waals surface area contributed by atoms with Crippen molar-refractivity contribution >= 4 is 5.96 Å². The number of rotatable bonds is 9. The molecule has 0 unspecified atom stereocenters. The Hall–Kier alpha value is -1.63. The van der Waals surface area contributed by atoms with Crippen LogP contribution < -0.4 is 10.6 Å². The zero-order valence-electron chi connectivity index (χ0n) is 18.7. The van der Waals surface area contributed by atoms with Crippen LogP contribution in [0.4, 0.5) is 0 Å². The fourth-order valence-corrected chi connectivity index (χ4v) is 4.60. The molecule has 0 spiro atoms. The van der Waals surface area contributed by atoms with E-state index >= 15 is 0 Å². The molecule has 6 nitrogen and oxygen atoms in total. The summed E-state index contributed by atoms with van der Waals surface area (Å²) >= 11 is 0. The highest BCUT2D eigenvalue weighted by Gasteiger charge is 2.31. The summed E-state index contributed by atoms with van der Waals surface area (Å²) in [5, 5.41) is 16.5. The lowest BCUT2D eigenvalue weighted by atomic mass is 9.72. The van der Waals surface area contributed by atoms with E-state index in [0.29, 0.717) is 6.54 Å². The predicted octanol–water partition coefficient (Wildman–Crippen LogP) is 2.91. The van der Waals surface area contributed by atoms with Gasteiger partial charge < -0.3 is 20.5 Å². The molecule has 1 saturated heterocycles. The molecule has 0 aromatic heterocycles. The minimum Gasteiger partial charge on any atom is -0.396 e. The number of aliphatic hydroxyl groups is 1. The van der Waals surface area contributed by atoms with Crippen molar-refractivity contribution in [1.29, 1.82) is 0 Å². The monoisotopic (exact) mass is 416 g/mol. The first kappa shape index (κ1) is 23.0. The van der Waals surface area contributed by atoms with Crippen molar-refractivity contribution in [2.24, 2.45) is 10.4 Å². The molecular weight excluding hydrogens is 376 g/mol. The van der Waals surface area contributed by atoms with E-state index in [1.807, 2.05) is 0 Å². The maximum atomic E-state index is 9.55. The number of benzene rings is 1. The summed E-state index contributed by atoms with van der Waals surface area (Å²) in [6.45, 7) is 9.47. The Morgan fingerprint density at radius 3 is 2.43 bits per heavy atom. The average Bonchev–Trinajstić information content (AvgIpc) is 2.78. The number of aliphatic hydroxyl groups excluding tert-OH is 1. The summed E-state index contributed by atoms with van der Waals surface area (Å²) in [7, 11) is 0. The van der Waals surface area contributed by atoms with E-state index in [2.05, 4.69) is 46.7 Å². The Bertz CT molecular complexity index is 630. The van der Waals surface area contributed by atoms with Gasteiger partial charge in [-0.1, -0.05) is 43.5 Å². The summed E-state index contributed by atoms with van der Waals surface area (Å²) in [5.74, 6) is 0.873. The molecule has 3 rings (SSSR count). The van der Waals surface area contributed by atoms with Gasteiger partial charge >= 0.3 is 0 Å². The lowest BCUT2D eigenvalue weighted by Gasteiger charge is -2.37. The third-order valence-electron chi connectivity index (χ3n) is 6.48. The van der Waals surface area contributed by atoms with Gasteiger partial charge in [0.15, 0.2) is 5.96 Å². The SMILES string of the molecule is CCNC(=NCc1ccc(CN2CCOCC2)cc1)NCC1(CCO)CCCCC1. The number of nitrogens with one attached hydrogen (secondary N) is 2. The first-order valence-corrected chi connectivity index (χ1v) is 11.7. The quantitative estimate of drug-likeness (QED) is 0.427. The molecule has 1 aliphatic heterocycles. The van der Waals surface area contributed by atoms with E-state index in [0.717, 1.165) is 58.3 Å². The molecule has 168 valence electrons. The van der Waals surface area contributed by atoms with E-state index in [1.54, 1.807) is 0 Å². The van der Waals surface area contributed by atoms with Crippen molar-refractivity contribution in [3.63, 3.8) is 0 Å². The number of ether oxygens (including phenoxy) is 1. The van der Waals surface area contributed by atoms with E-state index in [4.69, 9.17) is 9.73 Å². The van der Waals surface area contributed by atoms with Crippen molar-refractivity contribution < 1.29 is 9.84 Å². The van der Waals surface area contributed by atoms with E-state index in [-0.39, 0.29) is 12.0 Å². The van der Waals surface area contributed by atoms with Gasteiger partial charge in [-0.05, 0) is 42.7 Å². The highest BCUT2D eigenvalue weighted by atomic mass is 16.5. The van der Waals surface area contributed by atoms with Gasteiger partial charge in [0.2, 0.25) is 0 Å². The highest BCUT2D eigenvalue weighted by Crippen LogP contribution is 2.38. The average molecular weight is 417 g/mol. The van der Waals surface area contributed by atoms with E-state index in [9.17, 15) is 5.11 Å². The molecule has 2 fully saturated rings. The van der Waals surface area contributed by atoms with Crippen LogP contribution in [0.3, 0.4) is 0 Å². The maximum absolute atomic E-state index is 9.55. The molecule has 1 aromatic carbocycles. The van der Waals surface area contributed by atoms with Gasteiger partial charge in [-0.25, -0.2) is 4.99 Å². The van der Waals surface area contributed by atoms with Gasteiger partial charge in [-0.15, -0.1) is 0 Å². The van der Waals surface area contributed by atoms with Crippen LogP contribution in [0.1, 0.15) is 56.6 Å².